The van der Waals surface area contributed by atoms with Crippen LogP contribution in [0.3, 0.4) is 0 Å². The number of halogens is 2. The second-order valence-electron chi connectivity index (χ2n) is 7.28. The highest BCUT2D eigenvalue weighted by molar-refractivity contribution is 7.17. The van der Waals surface area contributed by atoms with Gasteiger partial charge < -0.3 is 15.1 Å². The molecule has 3 aromatic rings. The van der Waals surface area contributed by atoms with E-state index in [4.69, 9.17) is 11.6 Å². The van der Waals surface area contributed by atoms with Crippen molar-refractivity contribution in [3.05, 3.63) is 69.9 Å². The van der Waals surface area contributed by atoms with E-state index in [1.165, 1.54) is 24.3 Å². The van der Waals surface area contributed by atoms with Crippen molar-refractivity contribution in [1.29, 1.82) is 0 Å². The van der Waals surface area contributed by atoms with Gasteiger partial charge in [0.05, 0.1) is 5.69 Å². The Morgan fingerprint density at radius 3 is 2.31 bits per heavy atom. The molecule has 0 spiro atoms. The number of anilines is 3. The van der Waals surface area contributed by atoms with Crippen LogP contribution in [0.15, 0.2) is 48.5 Å². The molecule has 0 bridgehead atoms. The fourth-order valence-electron chi connectivity index (χ4n) is 3.40. The molecule has 166 valence electrons. The molecule has 2 aromatic carbocycles. The van der Waals surface area contributed by atoms with E-state index in [-0.39, 0.29) is 11.7 Å². The Morgan fingerprint density at radius 2 is 1.66 bits per heavy atom. The summed E-state index contributed by atoms with van der Waals surface area (Å²) in [5.41, 5.74) is 2.10. The fourth-order valence-corrected chi connectivity index (χ4v) is 4.46. The van der Waals surface area contributed by atoms with Gasteiger partial charge in [0, 0.05) is 42.6 Å². The van der Waals surface area contributed by atoms with Crippen LogP contribution in [0.5, 0.6) is 0 Å². The molecule has 1 fully saturated rings. The average molecular weight is 474 g/mol. The molecule has 0 atom stereocenters. The third-order valence-electron chi connectivity index (χ3n) is 5.07. The van der Waals surface area contributed by atoms with E-state index < -0.39 is 6.03 Å². The van der Waals surface area contributed by atoms with Crippen molar-refractivity contribution in [3.63, 3.8) is 0 Å². The van der Waals surface area contributed by atoms with Crippen LogP contribution in [0.1, 0.15) is 15.4 Å². The Hall–Kier alpha value is -3.17. The minimum atomic E-state index is -0.513. The number of carbonyl (C=O) groups excluding carboxylic acids is 2. The molecule has 1 aliphatic rings. The van der Waals surface area contributed by atoms with Crippen molar-refractivity contribution in [1.82, 2.24) is 9.88 Å². The summed E-state index contributed by atoms with van der Waals surface area (Å²) in [6.45, 7) is 4.36. The van der Waals surface area contributed by atoms with Gasteiger partial charge in [0.1, 0.15) is 10.7 Å². The smallest absolute Gasteiger partial charge is 0.325 e. The average Bonchev–Trinajstić information content (AvgIpc) is 3.15. The number of carbonyl (C=O) groups is 2. The van der Waals surface area contributed by atoms with Crippen LogP contribution in [-0.4, -0.2) is 48.0 Å². The molecular formula is C22H21ClFN5O2S. The minimum absolute atomic E-state index is 0.0947. The summed E-state index contributed by atoms with van der Waals surface area (Å²) in [7, 11) is 0. The largest absolute Gasteiger partial charge is 0.368 e. The molecule has 4 rings (SSSR count). The van der Waals surface area contributed by atoms with Crippen LogP contribution in [0, 0.1) is 12.7 Å². The Balaban J connectivity index is 1.35. The molecule has 7 nitrogen and oxygen atoms in total. The zero-order valence-corrected chi connectivity index (χ0v) is 18.8. The first-order chi connectivity index (χ1) is 15.4. The lowest BCUT2D eigenvalue weighted by atomic mass is 10.2. The van der Waals surface area contributed by atoms with E-state index in [1.54, 1.807) is 11.8 Å². The molecule has 0 radical (unpaired) electrons. The highest BCUT2D eigenvalue weighted by atomic mass is 35.5. The van der Waals surface area contributed by atoms with Gasteiger partial charge in [-0.2, -0.15) is 0 Å². The molecule has 10 heteroatoms. The van der Waals surface area contributed by atoms with E-state index in [0.29, 0.717) is 39.5 Å². The SMILES string of the molecule is Cc1nc(NC(=O)Nc2ccc(F)cc2)sc1C(=O)N1CCN(c2ccc(Cl)cc2)CC1. The number of aromatic nitrogens is 1. The van der Waals surface area contributed by atoms with Gasteiger partial charge in [-0.15, -0.1) is 0 Å². The Labute approximate surface area is 193 Å². The number of nitrogens with zero attached hydrogens (tertiary/aromatic N) is 3. The van der Waals surface area contributed by atoms with Gasteiger partial charge in [0.15, 0.2) is 5.13 Å². The van der Waals surface area contributed by atoms with Crippen molar-refractivity contribution in [2.45, 2.75) is 6.92 Å². The van der Waals surface area contributed by atoms with Crippen molar-refractivity contribution >= 4 is 51.4 Å². The molecular weight excluding hydrogens is 453 g/mol. The van der Waals surface area contributed by atoms with Gasteiger partial charge in [-0.05, 0) is 55.5 Å². The molecule has 2 heterocycles. The lowest BCUT2D eigenvalue weighted by molar-refractivity contribution is 0.0750. The molecule has 2 N–H and O–H groups in total. The second kappa shape index (κ2) is 9.54. The van der Waals surface area contributed by atoms with Crippen LogP contribution >= 0.6 is 22.9 Å². The van der Waals surface area contributed by atoms with Crippen LogP contribution in [0.2, 0.25) is 5.02 Å². The fraction of sp³-hybridized carbons (Fsp3) is 0.227. The normalized spacial score (nSPS) is 13.7. The zero-order valence-electron chi connectivity index (χ0n) is 17.3. The highest BCUT2D eigenvalue weighted by Crippen LogP contribution is 2.26. The number of thiazole rings is 1. The zero-order chi connectivity index (χ0) is 22.7. The van der Waals surface area contributed by atoms with Crippen molar-refractivity contribution in [2.24, 2.45) is 0 Å². The van der Waals surface area contributed by atoms with Gasteiger partial charge in [-0.3, -0.25) is 10.1 Å². The number of urea groups is 1. The van der Waals surface area contributed by atoms with Crippen molar-refractivity contribution < 1.29 is 14.0 Å². The van der Waals surface area contributed by atoms with Gasteiger partial charge >= 0.3 is 6.03 Å². The van der Waals surface area contributed by atoms with E-state index in [0.717, 1.165) is 30.1 Å². The topological polar surface area (TPSA) is 77.6 Å². The lowest BCUT2D eigenvalue weighted by Crippen LogP contribution is -2.48. The predicted molar refractivity (Wildman–Crippen MR) is 125 cm³/mol. The Morgan fingerprint density at radius 1 is 1.00 bits per heavy atom. The van der Waals surface area contributed by atoms with Crippen LogP contribution < -0.4 is 15.5 Å². The molecule has 1 aliphatic heterocycles. The van der Waals surface area contributed by atoms with Crippen LogP contribution in [-0.2, 0) is 0 Å². The predicted octanol–water partition coefficient (Wildman–Crippen LogP) is 4.85. The first-order valence-electron chi connectivity index (χ1n) is 10.00. The van der Waals surface area contributed by atoms with E-state index in [9.17, 15) is 14.0 Å². The number of nitrogens with one attached hydrogen (secondary N) is 2. The molecule has 1 aromatic heterocycles. The summed E-state index contributed by atoms with van der Waals surface area (Å²) in [5, 5.41) is 6.25. The molecule has 0 aliphatic carbocycles. The summed E-state index contributed by atoms with van der Waals surface area (Å²) >= 11 is 7.10. The number of hydrogen-bond donors (Lipinski definition) is 2. The summed E-state index contributed by atoms with van der Waals surface area (Å²) in [6.07, 6.45) is 0. The maximum absolute atomic E-state index is 13.0. The number of rotatable bonds is 4. The minimum Gasteiger partial charge on any atom is -0.368 e. The summed E-state index contributed by atoms with van der Waals surface area (Å²) < 4.78 is 13.0. The van der Waals surface area contributed by atoms with Crippen molar-refractivity contribution in [2.75, 3.05) is 41.7 Å². The van der Waals surface area contributed by atoms with Gasteiger partial charge in [-0.1, -0.05) is 22.9 Å². The van der Waals surface area contributed by atoms with E-state index >= 15 is 0 Å². The number of piperazine rings is 1. The first-order valence-corrected chi connectivity index (χ1v) is 11.2. The number of amides is 3. The Kier molecular flexibility index (Phi) is 6.57. The summed E-state index contributed by atoms with van der Waals surface area (Å²) in [6, 6.07) is 12.6. The third-order valence-corrected chi connectivity index (χ3v) is 6.38. The maximum atomic E-state index is 13.0. The van der Waals surface area contributed by atoms with Gasteiger partial charge in [0.2, 0.25) is 0 Å². The molecule has 32 heavy (non-hydrogen) atoms. The number of hydrogen-bond acceptors (Lipinski definition) is 5. The second-order valence-corrected chi connectivity index (χ2v) is 8.71. The monoisotopic (exact) mass is 473 g/mol. The molecule has 0 unspecified atom stereocenters. The van der Waals surface area contributed by atoms with Gasteiger partial charge in [0.25, 0.3) is 5.91 Å². The summed E-state index contributed by atoms with van der Waals surface area (Å²) in [5.74, 6) is -0.480. The quantitative estimate of drug-likeness (QED) is 0.567. The number of aryl methyl sites for hydroxylation is 1. The first kappa shape index (κ1) is 22.0. The lowest BCUT2D eigenvalue weighted by Gasteiger charge is -2.36. The molecule has 1 saturated heterocycles. The van der Waals surface area contributed by atoms with E-state index in [2.05, 4.69) is 20.5 Å². The number of benzene rings is 2. The maximum Gasteiger partial charge on any atom is 0.325 e. The summed E-state index contributed by atoms with van der Waals surface area (Å²) in [4.78, 5) is 34.0. The van der Waals surface area contributed by atoms with Gasteiger partial charge in [-0.25, -0.2) is 14.2 Å². The molecule has 0 saturated carbocycles. The molecule has 3 amide bonds. The third kappa shape index (κ3) is 5.17. The van der Waals surface area contributed by atoms with E-state index in [1.807, 2.05) is 24.3 Å². The van der Waals surface area contributed by atoms with Crippen LogP contribution in [0.25, 0.3) is 0 Å². The Bertz CT molecular complexity index is 1110. The highest BCUT2D eigenvalue weighted by Gasteiger charge is 2.26. The standard InChI is InChI=1S/C22H21ClFN5O2S/c1-14-19(32-22(25-14)27-21(31)26-17-6-4-16(24)5-7-17)20(30)29-12-10-28(11-13-29)18-8-2-15(23)3-9-18/h2-9H,10-13H2,1H3,(H2,25,26,27,31). The van der Waals surface area contributed by atoms with Crippen LogP contribution in [0.4, 0.5) is 25.7 Å². The van der Waals surface area contributed by atoms with Crippen molar-refractivity contribution in [3.8, 4) is 0 Å².